The summed E-state index contributed by atoms with van der Waals surface area (Å²) in [6.45, 7) is 14.4. The Morgan fingerprint density at radius 3 is 2.29 bits per heavy atom. The summed E-state index contributed by atoms with van der Waals surface area (Å²) in [5, 5.41) is 38.8. The van der Waals surface area contributed by atoms with Crippen molar-refractivity contribution in [2.75, 3.05) is 27.3 Å². The molecule has 0 radical (unpaired) electrons. The number of nitrogens with one attached hydrogen (secondary N) is 1. The minimum absolute atomic E-state index is 0. The van der Waals surface area contributed by atoms with Gasteiger partial charge in [0.25, 0.3) is 0 Å². The number of aliphatic hydroxyl groups is 1. The number of hydrogen-bond acceptors (Lipinski definition) is 10. The minimum atomic E-state index is -1.20. The van der Waals surface area contributed by atoms with Crippen LogP contribution in [0.3, 0.4) is 0 Å². The Labute approximate surface area is 344 Å². The van der Waals surface area contributed by atoms with Crippen molar-refractivity contribution in [3.8, 4) is 0 Å². The van der Waals surface area contributed by atoms with Gasteiger partial charge in [-0.05, 0) is 80.6 Å². The van der Waals surface area contributed by atoms with Gasteiger partial charge in [-0.25, -0.2) is 15.0 Å². The zero-order valence-electron chi connectivity index (χ0n) is 31.2. The fraction of sp³-hybridized carbons (Fsp3) is 0.395. The van der Waals surface area contributed by atoms with Gasteiger partial charge in [-0.15, -0.1) is 0 Å². The first-order valence-electron chi connectivity index (χ1n) is 16.5. The molecule has 2 N–H and O–H groups in total. The van der Waals surface area contributed by atoms with Gasteiger partial charge < -0.3 is 35.1 Å². The van der Waals surface area contributed by atoms with Crippen LogP contribution in [-0.2, 0) is 14.3 Å². The monoisotopic (exact) mass is 711 g/mol. The van der Waals surface area contributed by atoms with Crippen molar-refractivity contribution in [1.29, 1.82) is 0 Å². The van der Waals surface area contributed by atoms with E-state index in [1.165, 1.54) is 4.90 Å². The van der Waals surface area contributed by atoms with Crippen LogP contribution in [0.15, 0.2) is 119 Å². The van der Waals surface area contributed by atoms with Crippen LogP contribution in [0.2, 0.25) is 0 Å². The second kappa shape index (κ2) is 17.7. The zero-order valence-corrected chi connectivity index (χ0v) is 35.2. The van der Waals surface area contributed by atoms with Crippen LogP contribution in [0, 0.1) is 11.8 Å². The molecule has 0 aromatic heterocycles. The number of aliphatic imine (C=N–C) groups is 3. The third kappa shape index (κ3) is 8.46. The number of carbonyl (C=O) groups excluding carboxylic acids is 2. The van der Waals surface area contributed by atoms with Crippen LogP contribution in [0.1, 0.15) is 60.3 Å². The first-order chi connectivity index (χ1) is 23.3. The van der Waals surface area contributed by atoms with Gasteiger partial charge in [0.15, 0.2) is 0 Å². The number of carboxylic acids is 1. The molecule has 5 aliphatic rings. The summed E-state index contributed by atoms with van der Waals surface area (Å²) in [6, 6.07) is 0. The molecule has 5 heterocycles. The smallest absolute Gasteiger partial charge is 0.629 e. The maximum absolute atomic E-state index is 13.8. The van der Waals surface area contributed by atoms with Gasteiger partial charge in [-0.2, -0.15) is 0 Å². The number of aliphatic carboxylic acids is 1. The first-order valence-corrected chi connectivity index (χ1v) is 16.5. The number of amides is 1. The summed E-state index contributed by atoms with van der Waals surface area (Å²) in [5.41, 5.74) is 9.41. The molecular formula is C38H43N5Na2O6. The molecule has 258 valence electrons. The molecule has 0 aliphatic carbocycles. The van der Waals surface area contributed by atoms with Crippen LogP contribution in [0.25, 0.3) is 0 Å². The molecule has 5 rings (SSSR count). The van der Waals surface area contributed by atoms with E-state index in [0.29, 0.717) is 53.5 Å². The number of carboxylic acid groups (broad SMARTS) is 1. The standard InChI is InChI=1S/C38H45N5O6.2Na/c1-9-23-19(3)27-16-29-21(5)25(11-12-34(45)46)36(41-29)26(15-33(44)43(7)13-14-49-8)37-35(38(47)48)22(6)30(42-37)18-32-24(10-2)20(4)28(40-32)17-31(23)39-27;;/h9,16-18,21,25,41,47-48H,1,10-15H2,2-8H3,(H,45,46);;/q;2*+1/p-2/t21?,25-;;/m0../s1. The van der Waals surface area contributed by atoms with E-state index in [1.807, 2.05) is 45.9 Å². The molecule has 0 aromatic rings. The van der Waals surface area contributed by atoms with Crippen molar-refractivity contribution in [1.82, 2.24) is 10.2 Å². The molecule has 0 aromatic carbocycles. The van der Waals surface area contributed by atoms with E-state index in [-0.39, 0.29) is 101 Å². The molecule has 1 fully saturated rings. The Balaban J connectivity index is 0.00000351. The second-order valence-electron chi connectivity index (χ2n) is 12.8. The fourth-order valence-corrected chi connectivity index (χ4v) is 6.95. The molecule has 1 amide bonds. The quantitative estimate of drug-likeness (QED) is 0.192. The number of allylic oxidation sites excluding steroid dienone is 11. The number of carbonyl (C=O) groups is 2. The average Bonchev–Trinajstić information content (AvgIpc) is 3.74. The molecule has 13 heteroatoms. The summed E-state index contributed by atoms with van der Waals surface area (Å²) in [7, 11) is 3.21. The molecule has 0 spiro atoms. The van der Waals surface area contributed by atoms with Gasteiger partial charge >= 0.3 is 59.1 Å². The summed E-state index contributed by atoms with van der Waals surface area (Å²) < 4.78 is 5.19. The normalized spacial score (nSPS) is 21.9. The van der Waals surface area contributed by atoms with E-state index >= 15 is 0 Å². The SMILES string of the molecule is C=CC1=C(C)C2=NC1=CC1=NC(=CC3=C(C)/C(=C(\[O-])O)C(=N3)C(CC(=O)N(C)CCOC)=C3NC(=C2)C(C)[C@@H]3CCC(=O)[O-])C(CC)=C1C.[Na+].[Na+]. The van der Waals surface area contributed by atoms with Crippen molar-refractivity contribution in [2.24, 2.45) is 26.8 Å². The number of likely N-dealkylation sites (N-methyl/N-ethyl adjacent to an activating group) is 1. The Morgan fingerprint density at radius 1 is 1.02 bits per heavy atom. The Morgan fingerprint density at radius 2 is 1.69 bits per heavy atom. The average molecular weight is 712 g/mol. The van der Waals surface area contributed by atoms with Crippen molar-refractivity contribution in [3.63, 3.8) is 0 Å². The van der Waals surface area contributed by atoms with E-state index in [2.05, 4.69) is 11.9 Å². The number of rotatable bonds is 10. The summed E-state index contributed by atoms with van der Waals surface area (Å²) in [5.74, 6) is -3.29. The van der Waals surface area contributed by atoms with E-state index in [4.69, 9.17) is 19.7 Å². The third-order valence-electron chi connectivity index (χ3n) is 9.93. The molecule has 2 atom stereocenters. The topological polar surface area (TPSA) is 162 Å². The largest absolute Gasteiger partial charge is 1.00 e. The third-order valence-corrected chi connectivity index (χ3v) is 9.93. The van der Waals surface area contributed by atoms with Crippen LogP contribution in [0.4, 0.5) is 0 Å². The van der Waals surface area contributed by atoms with Crippen LogP contribution >= 0.6 is 0 Å². The molecule has 1 unspecified atom stereocenters. The molecule has 51 heavy (non-hydrogen) atoms. The fourth-order valence-electron chi connectivity index (χ4n) is 6.95. The maximum Gasteiger partial charge on any atom is 1.00 e. The Kier molecular flexibility index (Phi) is 14.7. The molecule has 0 saturated carbocycles. The van der Waals surface area contributed by atoms with Gasteiger partial charge in [0.1, 0.15) is 0 Å². The van der Waals surface area contributed by atoms with Crippen molar-refractivity contribution < 1.29 is 88.8 Å². The molecule has 11 nitrogen and oxygen atoms in total. The molecule has 5 aliphatic heterocycles. The number of nitrogens with zero attached hydrogens (tertiary/aromatic N) is 4. The summed E-state index contributed by atoms with van der Waals surface area (Å²) >= 11 is 0. The molecule has 8 bridgehead atoms. The van der Waals surface area contributed by atoms with Crippen LogP contribution < -0.4 is 74.6 Å². The van der Waals surface area contributed by atoms with Crippen LogP contribution in [0.5, 0.6) is 0 Å². The van der Waals surface area contributed by atoms with Crippen molar-refractivity contribution in [2.45, 2.75) is 60.3 Å². The number of methoxy groups -OCH3 is 1. The van der Waals surface area contributed by atoms with Crippen molar-refractivity contribution >= 4 is 29.0 Å². The van der Waals surface area contributed by atoms with Crippen molar-refractivity contribution in [3.05, 3.63) is 104 Å². The Bertz CT molecular complexity index is 1880. The van der Waals surface area contributed by atoms with E-state index in [0.717, 1.165) is 39.4 Å². The minimum Gasteiger partial charge on any atom is -0.629 e. The summed E-state index contributed by atoms with van der Waals surface area (Å²) in [6.07, 6.45) is 7.97. The number of aliphatic hydroxyl groups excluding tert-OH is 1. The van der Waals surface area contributed by atoms with Gasteiger partial charge in [0.05, 0.1) is 53.2 Å². The zero-order chi connectivity index (χ0) is 35.7. The van der Waals surface area contributed by atoms with E-state index in [9.17, 15) is 24.9 Å². The van der Waals surface area contributed by atoms with Gasteiger partial charge in [-0.1, -0.05) is 26.5 Å². The van der Waals surface area contributed by atoms with Gasteiger partial charge in [-0.3, -0.25) is 4.79 Å². The van der Waals surface area contributed by atoms with E-state index < -0.39 is 17.8 Å². The van der Waals surface area contributed by atoms with Gasteiger partial charge in [0, 0.05) is 66.6 Å². The van der Waals surface area contributed by atoms with E-state index in [1.54, 1.807) is 27.2 Å². The number of hydrogen-bond donors (Lipinski definition) is 2. The van der Waals surface area contributed by atoms with Crippen LogP contribution in [-0.4, -0.2) is 66.3 Å². The predicted molar refractivity (Wildman–Crippen MR) is 186 cm³/mol. The summed E-state index contributed by atoms with van der Waals surface area (Å²) in [4.78, 5) is 41.9. The van der Waals surface area contributed by atoms with Gasteiger partial charge in [0.2, 0.25) is 5.91 Å². The Hall–Kier alpha value is -3.03. The first kappa shape index (κ1) is 42.4. The predicted octanol–water partition coefficient (Wildman–Crippen LogP) is -2.21. The number of fused-ring (bicyclic) bond motifs is 5. The second-order valence-corrected chi connectivity index (χ2v) is 12.8. The molecular weight excluding hydrogens is 668 g/mol. The number of ether oxygens (including phenoxy) is 1. The molecule has 1 saturated heterocycles. The maximum atomic E-state index is 13.8.